The highest BCUT2D eigenvalue weighted by atomic mass is 35.5. The van der Waals surface area contributed by atoms with Gasteiger partial charge in [0, 0.05) is 11.1 Å². The van der Waals surface area contributed by atoms with Crippen LogP contribution in [-0.4, -0.2) is 23.3 Å². The summed E-state index contributed by atoms with van der Waals surface area (Å²) in [4.78, 5) is 17.2. The van der Waals surface area contributed by atoms with Crippen LogP contribution in [0.4, 0.5) is 5.69 Å². The van der Waals surface area contributed by atoms with E-state index in [4.69, 9.17) is 20.8 Å². The fraction of sp³-hybridized carbons (Fsp3) is 0.263. The molecule has 5 nitrogen and oxygen atoms in total. The van der Waals surface area contributed by atoms with Crippen molar-refractivity contribution in [2.24, 2.45) is 0 Å². The number of benzene rings is 2. The van der Waals surface area contributed by atoms with Crippen LogP contribution in [0.15, 0.2) is 46.0 Å². The molecule has 0 saturated heterocycles. The maximum absolute atomic E-state index is 12.7. The smallest absolute Gasteiger partial charge is 0.257 e. The molecule has 26 heavy (non-hydrogen) atoms. The molecule has 2 aromatic carbocycles. The third-order valence-corrected chi connectivity index (χ3v) is 5.53. The quantitative estimate of drug-likeness (QED) is 0.578. The number of halogens is 1. The van der Waals surface area contributed by atoms with E-state index in [2.05, 4.69) is 10.3 Å². The van der Waals surface area contributed by atoms with Crippen LogP contribution >= 0.6 is 23.4 Å². The Hall–Kier alpha value is -2.18. The van der Waals surface area contributed by atoms with Gasteiger partial charge in [0.1, 0.15) is 11.3 Å². The highest BCUT2D eigenvalue weighted by Crippen LogP contribution is 2.33. The number of ether oxygens (including phenoxy) is 1. The van der Waals surface area contributed by atoms with Crippen molar-refractivity contribution in [2.75, 3.05) is 12.4 Å². The summed E-state index contributed by atoms with van der Waals surface area (Å²) >= 11 is 7.43. The molecule has 1 heterocycles. The number of hydrogen-bond acceptors (Lipinski definition) is 5. The summed E-state index contributed by atoms with van der Waals surface area (Å²) in [6.45, 7) is 3.83. The summed E-state index contributed by atoms with van der Waals surface area (Å²) in [5.41, 5.74) is 2.94. The molecule has 1 atom stereocenters. The Bertz CT molecular complexity index is 909. The molecular weight excluding hydrogens is 372 g/mol. The topological polar surface area (TPSA) is 64.4 Å². The van der Waals surface area contributed by atoms with E-state index < -0.39 is 0 Å². The Morgan fingerprint density at radius 1 is 1.38 bits per heavy atom. The highest BCUT2D eigenvalue weighted by molar-refractivity contribution is 8.00. The van der Waals surface area contributed by atoms with Gasteiger partial charge in [0.15, 0.2) is 5.58 Å². The monoisotopic (exact) mass is 390 g/mol. The first-order chi connectivity index (χ1) is 12.5. The van der Waals surface area contributed by atoms with E-state index in [1.165, 1.54) is 11.8 Å². The lowest BCUT2D eigenvalue weighted by atomic mass is 10.2. The number of carbonyl (C=O) groups excluding carboxylic acids is 1. The standard InChI is InChI=1S/C19H19ClN2O3S/c1-4-17(26-19-22-13-7-5-6-8-15(13)25-19)18(23)21-14-9-11(2)12(20)10-16(14)24-3/h5-10,17H,4H2,1-3H3,(H,21,23). The number of fused-ring (bicyclic) bond motifs is 1. The Kier molecular flexibility index (Phi) is 5.74. The fourth-order valence-corrected chi connectivity index (χ4v) is 3.51. The molecular formula is C19H19ClN2O3S. The number of para-hydroxylation sites is 2. The number of aryl methyl sites for hydroxylation is 1. The number of amides is 1. The van der Waals surface area contributed by atoms with Crippen molar-refractivity contribution in [2.45, 2.75) is 30.7 Å². The van der Waals surface area contributed by atoms with Crippen LogP contribution in [0.2, 0.25) is 5.02 Å². The minimum Gasteiger partial charge on any atom is -0.495 e. The zero-order valence-electron chi connectivity index (χ0n) is 14.7. The van der Waals surface area contributed by atoms with E-state index >= 15 is 0 Å². The van der Waals surface area contributed by atoms with Gasteiger partial charge in [-0.25, -0.2) is 4.98 Å². The first kappa shape index (κ1) is 18.6. The van der Waals surface area contributed by atoms with Gasteiger partial charge < -0.3 is 14.5 Å². The molecule has 0 aliphatic heterocycles. The van der Waals surface area contributed by atoms with Gasteiger partial charge in [-0.3, -0.25) is 4.79 Å². The molecule has 0 radical (unpaired) electrons. The van der Waals surface area contributed by atoms with Gasteiger partial charge in [-0.2, -0.15) is 0 Å². The summed E-state index contributed by atoms with van der Waals surface area (Å²) in [6.07, 6.45) is 0.629. The number of hydrogen-bond donors (Lipinski definition) is 1. The number of oxazole rings is 1. The number of aromatic nitrogens is 1. The van der Waals surface area contributed by atoms with Gasteiger partial charge in [0.2, 0.25) is 5.91 Å². The highest BCUT2D eigenvalue weighted by Gasteiger charge is 2.22. The van der Waals surface area contributed by atoms with Gasteiger partial charge in [-0.1, -0.05) is 42.4 Å². The van der Waals surface area contributed by atoms with Crippen LogP contribution in [0.1, 0.15) is 18.9 Å². The molecule has 1 aromatic heterocycles. The average Bonchev–Trinajstić information content (AvgIpc) is 3.04. The van der Waals surface area contributed by atoms with Gasteiger partial charge in [-0.15, -0.1) is 0 Å². The number of anilines is 1. The third-order valence-electron chi connectivity index (χ3n) is 3.92. The molecule has 0 saturated carbocycles. The van der Waals surface area contributed by atoms with E-state index in [9.17, 15) is 4.79 Å². The third kappa shape index (κ3) is 3.97. The predicted octanol–water partition coefficient (Wildman–Crippen LogP) is 5.31. The summed E-state index contributed by atoms with van der Waals surface area (Å²) in [5, 5.41) is 3.65. The van der Waals surface area contributed by atoms with Crippen LogP contribution in [0.25, 0.3) is 11.1 Å². The van der Waals surface area contributed by atoms with Crippen molar-refractivity contribution in [3.8, 4) is 5.75 Å². The van der Waals surface area contributed by atoms with E-state index in [0.717, 1.165) is 11.1 Å². The number of nitrogens with zero attached hydrogens (tertiary/aromatic N) is 1. The van der Waals surface area contributed by atoms with Gasteiger partial charge in [-0.05, 0) is 37.1 Å². The Morgan fingerprint density at radius 2 is 2.15 bits per heavy atom. The fourth-order valence-electron chi connectivity index (χ4n) is 2.49. The van der Waals surface area contributed by atoms with Crippen LogP contribution in [0, 0.1) is 6.92 Å². The summed E-state index contributed by atoms with van der Waals surface area (Å²) in [5.74, 6) is 0.385. The van der Waals surface area contributed by atoms with Crippen molar-refractivity contribution in [3.05, 3.63) is 47.0 Å². The van der Waals surface area contributed by atoms with E-state index in [1.807, 2.05) is 38.1 Å². The van der Waals surface area contributed by atoms with E-state index in [1.54, 1.807) is 19.2 Å². The number of thioether (sulfide) groups is 1. The Morgan fingerprint density at radius 3 is 2.85 bits per heavy atom. The number of rotatable bonds is 6. The largest absolute Gasteiger partial charge is 0.495 e. The molecule has 136 valence electrons. The number of nitrogens with one attached hydrogen (secondary N) is 1. The average molecular weight is 391 g/mol. The molecule has 3 rings (SSSR count). The van der Waals surface area contributed by atoms with Crippen molar-refractivity contribution in [1.29, 1.82) is 0 Å². The molecule has 0 fully saturated rings. The lowest BCUT2D eigenvalue weighted by molar-refractivity contribution is -0.115. The van der Waals surface area contributed by atoms with Crippen molar-refractivity contribution >= 4 is 46.1 Å². The van der Waals surface area contributed by atoms with Crippen molar-refractivity contribution in [3.63, 3.8) is 0 Å². The SMILES string of the molecule is CCC(Sc1nc2ccccc2o1)C(=O)Nc1cc(C)c(Cl)cc1OC. The molecule has 0 spiro atoms. The maximum atomic E-state index is 12.7. The van der Waals surface area contributed by atoms with Crippen LogP contribution < -0.4 is 10.1 Å². The Balaban J connectivity index is 1.78. The van der Waals surface area contributed by atoms with Gasteiger partial charge in [0.25, 0.3) is 5.22 Å². The van der Waals surface area contributed by atoms with Crippen LogP contribution in [-0.2, 0) is 4.79 Å². The molecule has 1 amide bonds. The second-order valence-corrected chi connectivity index (χ2v) is 7.31. The Labute approximate surface area is 161 Å². The van der Waals surface area contributed by atoms with Gasteiger partial charge >= 0.3 is 0 Å². The molecule has 0 bridgehead atoms. The first-order valence-electron chi connectivity index (χ1n) is 8.19. The normalized spacial score (nSPS) is 12.2. The number of methoxy groups -OCH3 is 1. The number of carbonyl (C=O) groups is 1. The summed E-state index contributed by atoms with van der Waals surface area (Å²) < 4.78 is 11.0. The van der Waals surface area contributed by atoms with Gasteiger partial charge in [0.05, 0.1) is 18.0 Å². The molecule has 0 aliphatic carbocycles. The molecule has 7 heteroatoms. The lowest BCUT2D eigenvalue weighted by Gasteiger charge is -2.16. The second-order valence-electron chi connectivity index (χ2n) is 5.75. The molecule has 1 unspecified atom stereocenters. The minimum atomic E-state index is -0.344. The second kappa shape index (κ2) is 8.01. The summed E-state index contributed by atoms with van der Waals surface area (Å²) in [7, 11) is 1.54. The lowest BCUT2D eigenvalue weighted by Crippen LogP contribution is -2.24. The van der Waals surface area contributed by atoms with E-state index in [-0.39, 0.29) is 11.2 Å². The maximum Gasteiger partial charge on any atom is 0.257 e. The predicted molar refractivity (Wildman–Crippen MR) is 105 cm³/mol. The molecule has 3 aromatic rings. The van der Waals surface area contributed by atoms with E-state index in [0.29, 0.717) is 33.7 Å². The zero-order valence-corrected chi connectivity index (χ0v) is 16.3. The minimum absolute atomic E-state index is 0.139. The molecule has 1 N–H and O–H groups in total. The van der Waals surface area contributed by atoms with Crippen molar-refractivity contribution in [1.82, 2.24) is 4.98 Å². The van der Waals surface area contributed by atoms with Crippen LogP contribution in [0.3, 0.4) is 0 Å². The summed E-state index contributed by atoms with van der Waals surface area (Å²) in [6, 6.07) is 11.0. The first-order valence-corrected chi connectivity index (χ1v) is 9.44. The van der Waals surface area contributed by atoms with Crippen molar-refractivity contribution < 1.29 is 13.9 Å². The zero-order chi connectivity index (χ0) is 18.7. The molecule has 0 aliphatic rings. The van der Waals surface area contributed by atoms with Crippen LogP contribution in [0.5, 0.6) is 5.75 Å².